The highest BCUT2D eigenvalue weighted by Gasteiger charge is 2.16. The maximum atomic E-state index is 12.4. The second kappa shape index (κ2) is 7.99. The van der Waals surface area contributed by atoms with Gasteiger partial charge in [0.25, 0.3) is 0 Å². The average molecular weight is 370 g/mol. The molecule has 7 nitrogen and oxygen atoms in total. The molecule has 3 aromatic rings. The molecule has 7 heteroatoms. The highest BCUT2D eigenvalue weighted by atomic mass is 16.5. The van der Waals surface area contributed by atoms with E-state index in [1.165, 1.54) is 4.57 Å². The second-order valence-electron chi connectivity index (χ2n) is 6.13. The van der Waals surface area contributed by atoms with Gasteiger partial charge >= 0.3 is 5.76 Å². The summed E-state index contributed by atoms with van der Waals surface area (Å²) >= 11 is 0. The lowest BCUT2D eigenvalue weighted by atomic mass is 10.1. The molecule has 0 spiro atoms. The summed E-state index contributed by atoms with van der Waals surface area (Å²) in [6.07, 6.45) is 0.153. The van der Waals surface area contributed by atoms with Crippen molar-refractivity contribution in [3.63, 3.8) is 0 Å². The third kappa shape index (κ3) is 3.97. The zero-order chi connectivity index (χ0) is 19.4. The SMILES string of the molecule is COc1ccc(OC)c([C@@H](C)NC(=O)CCn2c(=O)oc3ccccc32)c1. The van der Waals surface area contributed by atoms with Crippen LogP contribution in [0.3, 0.4) is 0 Å². The topological polar surface area (TPSA) is 82.7 Å². The number of aryl methyl sites for hydroxylation is 1. The van der Waals surface area contributed by atoms with E-state index in [0.29, 0.717) is 22.6 Å². The number of rotatable bonds is 7. The Morgan fingerprint density at radius 2 is 1.96 bits per heavy atom. The molecule has 1 amide bonds. The van der Waals surface area contributed by atoms with Crippen molar-refractivity contribution in [2.75, 3.05) is 14.2 Å². The van der Waals surface area contributed by atoms with Crippen molar-refractivity contribution in [3.8, 4) is 11.5 Å². The Labute approximate surface area is 156 Å². The largest absolute Gasteiger partial charge is 0.497 e. The molecular formula is C20H22N2O5. The van der Waals surface area contributed by atoms with Gasteiger partial charge in [-0.1, -0.05) is 12.1 Å². The van der Waals surface area contributed by atoms with Crippen LogP contribution in [-0.2, 0) is 11.3 Å². The van der Waals surface area contributed by atoms with Crippen molar-refractivity contribution in [1.29, 1.82) is 0 Å². The number of methoxy groups -OCH3 is 2. The Kier molecular flexibility index (Phi) is 5.49. The predicted molar refractivity (Wildman–Crippen MR) is 101 cm³/mol. The molecular weight excluding hydrogens is 348 g/mol. The fraction of sp³-hybridized carbons (Fsp3) is 0.300. The number of hydrogen-bond donors (Lipinski definition) is 1. The summed E-state index contributed by atoms with van der Waals surface area (Å²) < 4.78 is 17.3. The van der Waals surface area contributed by atoms with Gasteiger partial charge in [0, 0.05) is 18.5 Å². The standard InChI is InChI=1S/C20H22N2O5/c1-13(15-12-14(25-2)8-9-17(15)26-3)21-19(23)10-11-22-16-6-4-5-7-18(16)27-20(22)24/h4-9,12-13H,10-11H2,1-3H3,(H,21,23)/t13-/m1/s1. The van der Waals surface area contributed by atoms with Gasteiger partial charge in [-0.05, 0) is 37.3 Å². The van der Waals surface area contributed by atoms with Gasteiger partial charge < -0.3 is 19.2 Å². The number of oxazole rings is 1. The number of hydrogen-bond acceptors (Lipinski definition) is 5. The van der Waals surface area contributed by atoms with Gasteiger partial charge in [0.15, 0.2) is 5.58 Å². The maximum absolute atomic E-state index is 12.4. The van der Waals surface area contributed by atoms with Crippen LogP contribution in [0.1, 0.15) is 24.9 Å². The van der Waals surface area contributed by atoms with Gasteiger partial charge in [0.2, 0.25) is 5.91 Å². The minimum atomic E-state index is -0.466. The number of benzene rings is 2. The fourth-order valence-corrected chi connectivity index (χ4v) is 3.01. The van der Waals surface area contributed by atoms with Crippen molar-refractivity contribution in [1.82, 2.24) is 9.88 Å². The quantitative estimate of drug-likeness (QED) is 0.691. The minimum Gasteiger partial charge on any atom is -0.497 e. The molecule has 0 saturated heterocycles. The van der Waals surface area contributed by atoms with Crippen LogP contribution in [0.15, 0.2) is 51.7 Å². The lowest BCUT2D eigenvalue weighted by Gasteiger charge is -2.18. The highest BCUT2D eigenvalue weighted by Crippen LogP contribution is 2.29. The van der Waals surface area contributed by atoms with E-state index in [9.17, 15) is 9.59 Å². The van der Waals surface area contributed by atoms with E-state index < -0.39 is 5.76 Å². The minimum absolute atomic E-state index is 0.153. The smallest absolute Gasteiger partial charge is 0.419 e. The molecule has 1 atom stereocenters. The van der Waals surface area contributed by atoms with Crippen LogP contribution in [0.25, 0.3) is 11.1 Å². The molecule has 1 heterocycles. The molecule has 0 unspecified atom stereocenters. The molecule has 1 aromatic heterocycles. The van der Waals surface area contributed by atoms with Crippen LogP contribution >= 0.6 is 0 Å². The molecule has 2 aromatic carbocycles. The van der Waals surface area contributed by atoms with Crippen molar-refractivity contribution < 1.29 is 18.7 Å². The van der Waals surface area contributed by atoms with Crippen LogP contribution < -0.4 is 20.5 Å². The summed E-state index contributed by atoms with van der Waals surface area (Å²) in [5, 5.41) is 2.93. The first-order valence-electron chi connectivity index (χ1n) is 8.63. The molecule has 1 N–H and O–H groups in total. The summed E-state index contributed by atoms with van der Waals surface area (Å²) in [7, 11) is 3.16. The first kappa shape index (κ1) is 18.6. The number of nitrogens with one attached hydrogen (secondary N) is 1. The van der Waals surface area contributed by atoms with Gasteiger partial charge in [-0.25, -0.2) is 4.79 Å². The van der Waals surface area contributed by atoms with Crippen molar-refractivity contribution >= 4 is 17.0 Å². The normalized spacial score (nSPS) is 12.0. The van der Waals surface area contributed by atoms with E-state index in [2.05, 4.69) is 5.32 Å². The van der Waals surface area contributed by atoms with Crippen LogP contribution in [0.2, 0.25) is 0 Å². The second-order valence-corrected chi connectivity index (χ2v) is 6.13. The van der Waals surface area contributed by atoms with E-state index in [1.807, 2.05) is 19.1 Å². The third-order valence-corrected chi connectivity index (χ3v) is 4.42. The number of aromatic nitrogens is 1. The third-order valence-electron chi connectivity index (χ3n) is 4.42. The number of amides is 1. The Morgan fingerprint density at radius 1 is 1.19 bits per heavy atom. The van der Waals surface area contributed by atoms with Gasteiger partial charge in [-0.3, -0.25) is 9.36 Å². The highest BCUT2D eigenvalue weighted by molar-refractivity contribution is 5.77. The van der Waals surface area contributed by atoms with Crippen LogP contribution in [-0.4, -0.2) is 24.7 Å². The number of nitrogens with zero attached hydrogens (tertiary/aromatic N) is 1. The van der Waals surface area contributed by atoms with Gasteiger partial charge in [-0.2, -0.15) is 0 Å². The Morgan fingerprint density at radius 3 is 2.70 bits per heavy atom. The monoisotopic (exact) mass is 370 g/mol. The lowest BCUT2D eigenvalue weighted by molar-refractivity contribution is -0.121. The van der Waals surface area contributed by atoms with Gasteiger partial charge in [-0.15, -0.1) is 0 Å². The first-order valence-corrected chi connectivity index (χ1v) is 8.63. The molecule has 3 rings (SSSR count). The molecule has 0 aliphatic carbocycles. The van der Waals surface area contributed by atoms with Crippen LogP contribution in [0.4, 0.5) is 0 Å². The van der Waals surface area contributed by atoms with Crippen molar-refractivity contribution in [3.05, 3.63) is 58.6 Å². The van der Waals surface area contributed by atoms with Crippen LogP contribution in [0.5, 0.6) is 11.5 Å². The van der Waals surface area contributed by atoms with E-state index in [-0.39, 0.29) is 24.9 Å². The zero-order valence-electron chi connectivity index (χ0n) is 15.5. The Hall–Kier alpha value is -3.22. The maximum Gasteiger partial charge on any atom is 0.419 e. The molecule has 0 aliphatic heterocycles. The molecule has 0 radical (unpaired) electrons. The lowest BCUT2D eigenvalue weighted by Crippen LogP contribution is -2.28. The summed E-state index contributed by atoms with van der Waals surface area (Å²) in [5.41, 5.74) is 2.01. The number of carbonyl (C=O) groups excluding carboxylic acids is 1. The number of ether oxygens (including phenoxy) is 2. The van der Waals surface area contributed by atoms with Gasteiger partial charge in [0.05, 0.1) is 25.8 Å². The molecule has 27 heavy (non-hydrogen) atoms. The van der Waals surface area contributed by atoms with Crippen molar-refractivity contribution in [2.45, 2.75) is 25.9 Å². The molecule has 0 bridgehead atoms. The Bertz CT molecular complexity index is 1010. The fourth-order valence-electron chi connectivity index (χ4n) is 3.01. The summed E-state index contributed by atoms with van der Waals surface area (Å²) in [6, 6.07) is 12.3. The first-order chi connectivity index (χ1) is 13.0. The average Bonchev–Trinajstić information content (AvgIpc) is 3.00. The molecule has 142 valence electrons. The number of para-hydroxylation sites is 2. The van der Waals surface area contributed by atoms with E-state index in [4.69, 9.17) is 13.9 Å². The molecule has 0 saturated carbocycles. The number of carbonyl (C=O) groups is 1. The van der Waals surface area contributed by atoms with E-state index >= 15 is 0 Å². The summed E-state index contributed by atoms with van der Waals surface area (Å²) in [5.74, 6) is 0.708. The van der Waals surface area contributed by atoms with Crippen molar-refractivity contribution in [2.24, 2.45) is 0 Å². The number of fused-ring (bicyclic) bond motifs is 1. The summed E-state index contributed by atoms with van der Waals surface area (Å²) in [6.45, 7) is 2.11. The van der Waals surface area contributed by atoms with Crippen LogP contribution in [0, 0.1) is 0 Å². The van der Waals surface area contributed by atoms with Gasteiger partial charge in [0.1, 0.15) is 11.5 Å². The molecule has 0 aliphatic rings. The zero-order valence-corrected chi connectivity index (χ0v) is 15.5. The van der Waals surface area contributed by atoms with E-state index in [0.717, 1.165) is 5.56 Å². The Balaban J connectivity index is 1.69. The predicted octanol–water partition coefficient (Wildman–Crippen LogP) is 2.88. The summed E-state index contributed by atoms with van der Waals surface area (Å²) in [4.78, 5) is 24.4. The molecule has 0 fully saturated rings. The van der Waals surface area contributed by atoms with E-state index in [1.54, 1.807) is 44.6 Å².